The van der Waals surface area contributed by atoms with Gasteiger partial charge in [0.1, 0.15) is 11.5 Å². The lowest BCUT2D eigenvalue weighted by atomic mass is 9.98. The molecular formula is C16H19N5O4. The van der Waals surface area contributed by atoms with E-state index in [0.29, 0.717) is 31.2 Å². The topological polar surface area (TPSA) is 121 Å². The first-order valence-electron chi connectivity index (χ1n) is 7.99. The minimum atomic E-state index is -0.445. The molecule has 2 unspecified atom stereocenters. The average molecular weight is 345 g/mol. The first kappa shape index (κ1) is 16.9. The summed E-state index contributed by atoms with van der Waals surface area (Å²) in [5.74, 6) is 0.262. The van der Waals surface area contributed by atoms with Gasteiger partial charge in [-0.05, 0) is 24.8 Å². The van der Waals surface area contributed by atoms with Crippen molar-refractivity contribution >= 4 is 11.8 Å². The third-order valence-corrected chi connectivity index (χ3v) is 4.32. The van der Waals surface area contributed by atoms with Crippen LogP contribution in [0.3, 0.4) is 0 Å². The number of carbonyl (C=O) groups is 2. The van der Waals surface area contributed by atoms with Crippen LogP contribution in [-0.4, -0.2) is 51.5 Å². The van der Waals surface area contributed by atoms with Crippen molar-refractivity contribution in [3.05, 3.63) is 46.0 Å². The van der Waals surface area contributed by atoms with Crippen molar-refractivity contribution in [2.45, 2.75) is 13.8 Å². The summed E-state index contributed by atoms with van der Waals surface area (Å²) in [5.41, 5.74) is -0.125. The zero-order chi connectivity index (χ0) is 18.0. The third-order valence-electron chi connectivity index (χ3n) is 4.32. The maximum Gasteiger partial charge on any atom is 0.292 e. The summed E-state index contributed by atoms with van der Waals surface area (Å²) >= 11 is 0. The molecule has 0 spiro atoms. The van der Waals surface area contributed by atoms with Gasteiger partial charge in [0.2, 0.25) is 5.76 Å². The van der Waals surface area contributed by atoms with Gasteiger partial charge in [-0.3, -0.25) is 14.4 Å². The predicted molar refractivity (Wildman–Crippen MR) is 87.0 cm³/mol. The lowest BCUT2D eigenvalue weighted by Crippen LogP contribution is -2.34. The van der Waals surface area contributed by atoms with Crippen molar-refractivity contribution in [3.63, 3.8) is 0 Å². The van der Waals surface area contributed by atoms with Crippen molar-refractivity contribution in [1.82, 2.24) is 25.3 Å². The molecule has 0 saturated carbocycles. The third kappa shape index (κ3) is 3.76. The van der Waals surface area contributed by atoms with Crippen LogP contribution in [0.15, 0.2) is 27.6 Å². The summed E-state index contributed by atoms with van der Waals surface area (Å²) in [6.45, 7) is 5.20. The van der Waals surface area contributed by atoms with Crippen LogP contribution in [0.4, 0.5) is 0 Å². The van der Waals surface area contributed by atoms with Crippen molar-refractivity contribution in [3.8, 4) is 0 Å². The van der Waals surface area contributed by atoms with E-state index >= 15 is 0 Å². The number of hydrogen-bond donors (Lipinski definition) is 2. The van der Waals surface area contributed by atoms with Crippen molar-refractivity contribution in [2.24, 2.45) is 11.8 Å². The summed E-state index contributed by atoms with van der Waals surface area (Å²) < 4.78 is 4.86. The molecule has 3 rings (SSSR count). The van der Waals surface area contributed by atoms with E-state index in [2.05, 4.69) is 20.4 Å². The number of carbonyl (C=O) groups excluding carboxylic acids is 2. The highest BCUT2D eigenvalue weighted by Crippen LogP contribution is 2.23. The quantitative estimate of drug-likeness (QED) is 0.817. The number of likely N-dealkylation sites (tertiary alicyclic amines) is 1. The molecule has 2 aromatic rings. The molecule has 1 aliphatic rings. The van der Waals surface area contributed by atoms with Crippen LogP contribution < -0.4 is 10.9 Å². The van der Waals surface area contributed by atoms with E-state index in [9.17, 15) is 14.4 Å². The lowest BCUT2D eigenvalue weighted by molar-refractivity contribution is 0.0742. The molecule has 9 heteroatoms. The van der Waals surface area contributed by atoms with Crippen LogP contribution in [-0.2, 0) is 0 Å². The van der Waals surface area contributed by atoms with Gasteiger partial charge in [-0.2, -0.15) is 5.16 Å². The van der Waals surface area contributed by atoms with Crippen molar-refractivity contribution in [2.75, 3.05) is 19.6 Å². The first-order chi connectivity index (χ1) is 11.9. The van der Waals surface area contributed by atoms with E-state index in [1.807, 2.05) is 6.92 Å². The Kier molecular flexibility index (Phi) is 4.64. The number of aromatic nitrogens is 3. The van der Waals surface area contributed by atoms with E-state index in [-0.39, 0.29) is 29.4 Å². The molecule has 2 amide bonds. The summed E-state index contributed by atoms with van der Waals surface area (Å²) in [6.07, 6.45) is 1.54. The molecule has 0 aromatic carbocycles. The van der Waals surface area contributed by atoms with Gasteiger partial charge in [0.05, 0.1) is 6.07 Å². The highest BCUT2D eigenvalue weighted by Gasteiger charge is 2.34. The zero-order valence-electron chi connectivity index (χ0n) is 14.0. The fourth-order valence-corrected chi connectivity index (χ4v) is 2.91. The second-order valence-electron chi connectivity index (χ2n) is 6.22. The smallest absolute Gasteiger partial charge is 0.292 e. The maximum absolute atomic E-state index is 12.3. The molecule has 2 atom stereocenters. The molecule has 1 fully saturated rings. The predicted octanol–water partition coefficient (Wildman–Crippen LogP) is 0.204. The van der Waals surface area contributed by atoms with Gasteiger partial charge in [-0.25, -0.2) is 9.97 Å². The second-order valence-corrected chi connectivity index (χ2v) is 6.22. The van der Waals surface area contributed by atoms with Crippen LogP contribution in [0.5, 0.6) is 0 Å². The summed E-state index contributed by atoms with van der Waals surface area (Å²) in [5, 5.41) is 4.97. The van der Waals surface area contributed by atoms with E-state index < -0.39 is 5.56 Å². The number of rotatable bonds is 4. The Morgan fingerprint density at radius 2 is 2.24 bits per heavy atom. The summed E-state index contributed by atoms with van der Waals surface area (Å²) in [4.78, 5) is 45.3. The second kappa shape index (κ2) is 6.88. The Hall–Kier alpha value is -2.97. The molecule has 0 radical (unpaired) electrons. The molecule has 1 saturated heterocycles. The van der Waals surface area contributed by atoms with Gasteiger partial charge in [0, 0.05) is 25.8 Å². The van der Waals surface area contributed by atoms with Crippen LogP contribution in [0.25, 0.3) is 0 Å². The SMILES string of the molecule is Cc1nccc(C(=O)NCC2CN(C(=O)c3cc(=O)[nH]o3)CC2C)n1. The highest BCUT2D eigenvalue weighted by molar-refractivity contribution is 5.92. The van der Waals surface area contributed by atoms with Gasteiger partial charge < -0.3 is 14.7 Å². The number of hydrogen-bond acceptors (Lipinski definition) is 6. The molecular weight excluding hydrogens is 326 g/mol. The molecule has 3 heterocycles. The molecule has 1 aliphatic heterocycles. The van der Waals surface area contributed by atoms with E-state index in [1.165, 1.54) is 0 Å². The van der Waals surface area contributed by atoms with Gasteiger partial charge in [-0.1, -0.05) is 6.92 Å². The fraction of sp³-hybridized carbons (Fsp3) is 0.438. The summed E-state index contributed by atoms with van der Waals surface area (Å²) in [7, 11) is 0. The molecule has 132 valence electrons. The van der Waals surface area contributed by atoms with Crippen LogP contribution in [0, 0.1) is 18.8 Å². The average Bonchev–Trinajstić information content (AvgIpc) is 3.18. The Morgan fingerprint density at radius 1 is 1.44 bits per heavy atom. The molecule has 2 N–H and O–H groups in total. The standard InChI is InChI=1S/C16H19N5O4/c1-9-7-21(16(24)13-5-14(22)20-25-13)8-11(9)6-18-15(23)12-3-4-17-10(2)19-12/h3-5,9,11H,6-8H2,1-2H3,(H,18,23)(H,20,22). The van der Waals surface area contributed by atoms with Crippen LogP contribution in [0.1, 0.15) is 33.8 Å². The Bertz CT molecular complexity index is 843. The number of amides is 2. The molecule has 0 bridgehead atoms. The lowest BCUT2D eigenvalue weighted by Gasteiger charge is -2.15. The normalized spacial score (nSPS) is 19.8. The van der Waals surface area contributed by atoms with E-state index in [1.54, 1.807) is 24.1 Å². The molecule has 9 nitrogen and oxygen atoms in total. The Balaban J connectivity index is 1.58. The zero-order valence-corrected chi connectivity index (χ0v) is 14.0. The summed E-state index contributed by atoms with van der Waals surface area (Å²) in [6, 6.07) is 2.70. The molecule has 2 aromatic heterocycles. The minimum absolute atomic E-state index is 0.00153. The van der Waals surface area contributed by atoms with Crippen LogP contribution >= 0.6 is 0 Å². The number of H-pyrrole nitrogens is 1. The van der Waals surface area contributed by atoms with Crippen LogP contribution in [0.2, 0.25) is 0 Å². The van der Waals surface area contributed by atoms with Crippen molar-refractivity contribution < 1.29 is 14.1 Å². The number of aryl methyl sites for hydroxylation is 1. The van der Waals surface area contributed by atoms with E-state index in [0.717, 1.165) is 6.07 Å². The van der Waals surface area contributed by atoms with Gasteiger partial charge >= 0.3 is 0 Å². The van der Waals surface area contributed by atoms with E-state index in [4.69, 9.17) is 4.52 Å². The maximum atomic E-state index is 12.3. The Labute approximate surface area is 143 Å². The minimum Gasteiger partial charge on any atom is -0.373 e. The first-order valence-corrected chi connectivity index (χ1v) is 7.99. The number of nitrogens with one attached hydrogen (secondary N) is 2. The number of aromatic amines is 1. The monoisotopic (exact) mass is 345 g/mol. The largest absolute Gasteiger partial charge is 0.373 e. The molecule has 25 heavy (non-hydrogen) atoms. The number of nitrogens with zero attached hydrogens (tertiary/aromatic N) is 3. The highest BCUT2D eigenvalue weighted by atomic mass is 16.5. The molecule has 0 aliphatic carbocycles. The van der Waals surface area contributed by atoms with Gasteiger partial charge in [0.15, 0.2) is 0 Å². The van der Waals surface area contributed by atoms with Gasteiger partial charge in [-0.15, -0.1) is 0 Å². The van der Waals surface area contributed by atoms with Gasteiger partial charge in [0.25, 0.3) is 17.4 Å². The fourth-order valence-electron chi connectivity index (χ4n) is 2.91. The Morgan fingerprint density at radius 3 is 2.92 bits per heavy atom. The van der Waals surface area contributed by atoms with Crippen molar-refractivity contribution in [1.29, 1.82) is 0 Å².